The van der Waals surface area contributed by atoms with Crippen LogP contribution >= 0.6 is 0 Å². The van der Waals surface area contributed by atoms with Gasteiger partial charge in [-0.3, -0.25) is 4.68 Å². The van der Waals surface area contributed by atoms with Gasteiger partial charge in [-0.15, -0.1) is 0 Å². The van der Waals surface area contributed by atoms with E-state index in [-0.39, 0.29) is 0 Å². The van der Waals surface area contributed by atoms with Crippen LogP contribution in [0.5, 0.6) is 0 Å². The molecule has 0 atom stereocenters. The first-order valence-electron chi connectivity index (χ1n) is 5.03. The molecule has 5 nitrogen and oxygen atoms in total. The number of hydrogen-bond donors (Lipinski definition) is 2. The molecule has 0 spiro atoms. The lowest BCUT2D eigenvalue weighted by Gasteiger charge is -2.02. The Morgan fingerprint density at radius 1 is 1.53 bits per heavy atom. The number of hydrogen-bond acceptors (Lipinski definition) is 3. The Morgan fingerprint density at radius 2 is 2.40 bits per heavy atom. The summed E-state index contributed by atoms with van der Waals surface area (Å²) in [5, 5.41) is 7.69. The Hall–Kier alpha value is -1.78. The summed E-state index contributed by atoms with van der Waals surface area (Å²) in [6.07, 6.45) is 6.43. The third-order valence-corrected chi connectivity index (χ3v) is 2.26. The van der Waals surface area contributed by atoms with Crippen LogP contribution in [-0.2, 0) is 20.0 Å². The molecule has 0 aromatic carbocycles. The largest absolute Gasteiger partial charge is 0.377 e. The Morgan fingerprint density at radius 3 is 3.07 bits per heavy atom. The fourth-order valence-electron chi connectivity index (χ4n) is 1.52. The standard InChI is InChI=1S/C10H15N5/c1-3-9-10(6-15(2)14-9)12-5-8-4-11-7-13-8/h4,6-7,12H,3,5H2,1-2H3,(H,11,13). The van der Waals surface area contributed by atoms with Gasteiger partial charge in [0.25, 0.3) is 0 Å². The summed E-state index contributed by atoms with van der Waals surface area (Å²) in [5.41, 5.74) is 3.26. The molecule has 0 aliphatic carbocycles. The van der Waals surface area contributed by atoms with Gasteiger partial charge in [-0.25, -0.2) is 4.98 Å². The lowest BCUT2D eigenvalue weighted by Crippen LogP contribution is -2.00. The number of anilines is 1. The summed E-state index contributed by atoms with van der Waals surface area (Å²) in [7, 11) is 1.93. The van der Waals surface area contributed by atoms with Gasteiger partial charge < -0.3 is 10.3 Å². The zero-order valence-electron chi connectivity index (χ0n) is 8.99. The van der Waals surface area contributed by atoms with Gasteiger partial charge in [-0.2, -0.15) is 5.10 Å². The minimum Gasteiger partial charge on any atom is -0.377 e. The van der Waals surface area contributed by atoms with Crippen molar-refractivity contribution in [3.05, 3.63) is 30.1 Å². The van der Waals surface area contributed by atoms with Crippen molar-refractivity contribution in [3.8, 4) is 0 Å². The van der Waals surface area contributed by atoms with Crippen molar-refractivity contribution in [1.29, 1.82) is 0 Å². The van der Waals surface area contributed by atoms with E-state index in [0.717, 1.165) is 30.0 Å². The number of nitrogens with one attached hydrogen (secondary N) is 2. The Labute approximate surface area is 88.5 Å². The topological polar surface area (TPSA) is 58.5 Å². The fourth-order valence-corrected chi connectivity index (χ4v) is 1.52. The highest BCUT2D eigenvalue weighted by Crippen LogP contribution is 2.14. The van der Waals surface area contributed by atoms with E-state index in [1.165, 1.54) is 0 Å². The summed E-state index contributed by atoms with van der Waals surface area (Å²) < 4.78 is 1.83. The highest BCUT2D eigenvalue weighted by molar-refractivity contribution is 5.46. The molecule has 5 heteroatoms. The number of aryl methyl sites for hydroxylation is 2. The van der Waals surface area contributed by atoms with E-state index in [9.17, 15) is 0 Å². The summed E-state index contributed by atoms with van der Waals surface area (Å²) >= 11 is 0. The second kappa shape index (κ2) is 4.16. The molecule has 15 heavy (non-hydrogen) atoms. The first-order valence-corrected chi connectivity index (χ1v) is 5.03. The minimum absolute atomic E-state index is 0.749. The van der Waals surface area contributed by atoms with Crippen LogP contribution in [0.1, 0.15) is 18.3 Å². The Kier molecular flexibility index (Phi) is 2.71. The third kappa shape index (κ3) is 2.18. The van der Waals surface area contributed by atoms with Gasteiger partial charge >= 0.3 is 0 Å². The number of aromatic amines is 1. The predicted octanol–water partition coefficient (Wildman–Crippen LogP) is 1.32. The van der Waals surface area contributed by atoms with E-state index in [2.05, 4.69) is 27.3 Å². The van der Waals surface area contributed by atoms with Crippen LogP contribution in [0.25, 0.3) is 0 Å². The van der Waals surface area contributed by atoms with E-state index in [4.69, 9.17) is 0 Å². The molecule has 0 radical (unpaired) electrons. The number of nitrogens with zero attached hydrogens (tertiary/aromatic N) is 3. The molecule has 2 N–H and O–H groups in total. The molecule has 0 aliphatic heterocycles. The van der Waals surface area contributed by atoms with Crippen LogP contribution in [0.4, 0.5) is 5.69 Å². The SMILES string of the molecule is CCc1nn(C)cc1NCc1cnc[nH]1. The van der Waals surface area contributed by atoms with Crippen molar-refractivity contribution in [1.82, 2.24) is 19.7 Å². The van der Waals surface area contributed by atoms with Crippen LogP contribution in [0.2, 0.25) is 0 Å². The van der Waals surface area contributed by atoms with Gasteiger partial charge in [-0.1, -0.05) is 6.92 Å². The van der Waals surface area contributed by atoms with Crippen molar-refractivity contribution in [2.75, 3.05) is 5.32 Å². The van der Waals surface area contributed by atoms with Crippen molar-refractivity contribution >= 4 is 5.69 Å². The van der Waals surface area contributed by atoms with Gasteiger partial charge in [0.1, 0.15) is 0 Å². The van der Waals surface area contributed by atoms with Crippen molar-refractivity contribution < 1.29 is 0 Å². The molecule has 2 aromatic heterocycles. The molecule has 0 saturated heterocycles. The van der Waals surface area contributed by atoms with E-state index in [0.29, 0.717) is 0 Å². The van der Waals surface area contributed by atoms with Crippen LogP contribution < -0.4 is 5.32 Å². The number of aromatic nitrogens is 4. The maximum atomic E-state index is 4.36. The van der Waals surface area contributed by atoms with Crippen LogP contribution in [0, 0.1) is 0 Å². The molecule has 0 unspecified atom stereocenters. The zero-order chi connectivity index (χ0) is 10.7. The normalized spacial score (nSPS) is 10.5. The lowest BCUT2D eigenvalue weighted by atomic mass is 10.3. The predicted molar refractivity (Wildman–Crippen MR) is 58.5 cm³/mol. The average Bonchev–Trinajstić information content (AvgIpc) is 2.83. The average molecular weight is 205 g/mol. The van der Waals surface area contributed by atoms with Gasteiger partial charge in [0.05, 0.1) is 29.9 Å². The van der Waals surface area contributed by atoms with Gasteiger partial charge in [-0.05, 0) is 6.42 Å². The Balaban J connectivity index is 2.04. The maximum Gasteiger partial charge on any atom is 0.0922 e. The first-order chi connectivity index (χ1) is 7.29. The monoisotopic (exact) mass is 205 g/mol. The van der Waals surface area contributed by atoms with E-state index < -0.39 is 0 Å². The third-order valence-electron chi connectivity index (χ3n) is 2.26. The molecule has 0 aliphatic rings. The summed E-state index contributed by atoms with van der Waals surface area (Å²) in [4.78, 5) is 7.02. The smallest absolute Gasteiger partial charge is 0.0922 e. The second-order valence-corrected chi connectivity index (χ2v) is 3.45. The Bertz CT molecular complexity index is 415. The summed E-state index contributed by atoms with van der Waals surface area (Å²) in [6.45, 7) is 2.85. The van der Waals surface area contributed by atoms with Crippen molar-refractivity contribution in [2.45, 2.75) is 19.9 Å². The first kappa shape index (κ1) is 9.76. The molecule has 2 aromatic rings. The fraction of sp³-hybridized carbons (Fsp3) is 0.400. The summed E-state index contributed by atoms with van der Waals surface area (Å²) in [6, 6.07) is 0. The molecule has 0 fully saturated rings. The van der Waals surface area contributed by atoms with E-state index in [1.807, 2.05) is 24.1 Å². The lowest BCUT2D eigenvalue weighted by molar-refractivity contribution is 0.746. The van der Waals surface area contributed by atoms with Crippen LogP contribution in [0.3, 0.4) is 0 Å². The molecule has 80 valence electrons. The quantitative estimate of drug-likeness (QED) is 0.791. The highest BCUT2D eigenvalue weighted by Gasteiger charge is 2.04. The van der Waals surface area contributed by atoms with Crippen LogP contribution in [-0.4, -0.2) is 19.7 Å². The zero-order valence-corrected chi connectivity index (χ0v) is 8.99. The van der Waals surface area contributed by atoms with Gasteiger partial charge in [0.15, 0.2) is 0 Å². The number of imidazole rings is 1. The molecular weight excluding hydrogens is 190 g/mol. The molecule has 2 rings (SSSR count). The highest BCUT2D eigenvalue weighted by atomic mass is 15.3. The minimum atomic E-state index is 0.749. The maximum absolute atomic E-state index is 4.36. The second-order valence-electron chi connectivity index (χ2n) is 3.45. The molecular formula is C10H15N5. The molecule has 0 bridgehead atoms. The van der Waals surface area contributed by atoms with E-state index >= 15 is 0 Å². The number of H-pyrrole nitrogens is 1. The number of rotatable bonds is 4. The van der Waals surface area contributed by atoms with Gasteiger partial charge in [0, 0.05) is 19.4 Å². The van der Waals surface area contributed by atoms with Crippen LogP contribution in [0.15, 0.2) is 18.7 Å². The van der Waals surface area contributed by atoms with Gasteiger partial charge in [0.2, 0.25) is 0 Å². The molecule has 0 amide bonds. The summed E-state index contributed by atoms with van der Waals surface area (Å²) in [5.74, 6) is 0. The van der Waals surface area contributed by atoms with Crippen molar-refractivity contribution in [3.63, 3.8) is 0 Å². The molecule has 0 saturated carbocycles. The van der Waals surface area contributed by atoms with Crippen molar-refractivity contribution in [2.24, 2.45) is 7.05 Å². The molecule has 2 heterocycles. The van der Waals surface area contributed by atoms with E-state index in [1.54, 1.807) is 6.33 Å².